The second kappa shape index (κ2) is 11.4. The molecule has 0 aliphatic carbocycles. The van der Waals surface area contributed by atoms with Gasteiger partial charge in [0.05, 0.1) is 12.2 Å². The van der Waals surface area contributed by atoms with Crippen LogP contribution in [0.1, 0.15) is 18.4 Å². The molecule has 1 heterocycles. The van der Waals surface area contributed by atoms with Crippen LogP contribution in [0.5, 0.6) is 0 Å². The molecule has 0 spiro atoms. The monoisotopic (exact) mass is 446 g/mol. The largest absolute Gasteiger partial charge is 0.382 e. The molecule has 0 radical (unpaired) electrons. The first-order valence-electron chi connectivity index (χ1n) is 7.41. The number of aromatic nitrogens is 1. The molecule has 126 valence electrons. The van der Waals surface area contributed by atoms with Crippen LogP contribution < -0.4 is 11.1 Å². The van der Waals surface area contributed by atoms with Gasteiger partial charge in [0.2, 0.25) is 0 Å². The fourth-order valence-electron chi connectivity index (χ4n) is 1.87. The van der Waals surface area contributed by atoms with Crippen molar-refractivity contribution in [3.05, 3.63) is 40.7 Å². The molecule has 5 nitrogen and oxygen atoms in total. The number of halogens is 1. The van der Waals surface area contributed by atoms with Gasteiger partial charge in [0, 0.05) is 30.7 Å². The Bertz CT molecular complexity index is 589. The van der Waals surface area contributed by atoms with E-state index >= 15 is 0 Å². The van der Waals surface area contributed by atoms with E-state index in [0.29, 0.717) is 12.5 Å². The molecule has 0 saturated heterocycles. The van der Waals surface area contributed by atoms with Gasteiger partial charge in [-0.2, -0.15) is 0 Å². The molecular formula is C16H23IN4OS. The van der Waals surface area contributed by atoms with E-state index in [0.717, 1.165) is 42.4 Å². The minimum atomic E-state index is 0. The first-order chi connectivity index (χ1) is 10.8. The highest BCUT2D eigenvalue weighted by molar-refractivity contribution is 14.0. The zero-order chi connectivity index (χ0) is 15.6. The number of nitrogens with zero attached hydrogens (tertiary/aromatic N) is 2. The molecule has 0 aliphatic heterocycles. The molecule has 3 N–H and O–H groups in total. The van der Waals surface area contributed by atoms with Gasteiger partial charge in [0.15, 0.2) is 5.96 Å². The number of rotatable bonds is 8. The number of hydrogen-bond donors (Lipinski definition) is 2. The van der Waals surface area contributed by atoms with Crippen molar-refractivity contribution in [2.75, 3.05) is 19.8 Å². The Hall–Kier alpha value is -1.19. The van der Waals surface area contributed by atoms with Crippen LogP contribution in [-0.4, -0.2) is 30.7 Å². The summed E-state index contributed by atoms with van der Waals surface area (Å²) in [5.74, 6) is 0.452. The van der Waals surface area contributed by atoms with Crippen molar-refractivity contribution in [3.63, 3.8) is 0 Å². The lowest BCUT2D eigenvalue weighted by Gasteiger charge is -2.05. The molecule has 23 heavy (non-hydrogen) atoms. The minimum Gasteiger partial charge on any atom is -0.382 e. The summed E-state index contributed by atoms with van der Waals surface area (Å²) in [6, 6.07) is 10.1. The number of hydrogen-bond acceptors (Lipinski definition) is 4. The van der Waals surface area contributed by atoms with Gasteiger partial charge in [0.1, 0.15) is 5.01 Å². The fourth-order valence-corrected chi connectivity index (χ4v) is 2.60. The van der Waals surface area contributed by atoms with Gasteiger partial charge in [-0.05, 0) is 13.3 Å². The predicted octanol–water partition coefficient (Wildman–Crippen LogP) is 3.26. The minimum absolute atomic E-state index is 0. The van der Waals surface area contributed by atoms with Crippen LogP contribution >= 0.6 is 35.3 Å². The van der Waals surface area contributed by atoms with Gasteiger partial charge < -0.3 is 15.8 Å². The van der Waals surface area contributed by atoms with Crippen molar-refractivity contribution in [1.29, 1.82) is 0 Å². The second-order valence-electron chi connectivity index (χ2n) is 4.67. The zero-order valence-electron chi connectivity index (χ0n) is 13.2. The van der Waals surface area contributed by atoms with Crippen molar-refractivity contribution >= 4 is 41.3 Å². The summed E-state index contributed by atoms with van der Waals surface area (Å²) >= 11 is 1.60. The van der Waals surface area contributed by atoms with Gasteiger partial charge in [-0.1, -0.05) is 30.3 Å². The number of aliphatic imine (C=N–C) groups is 1. The van der Waals surface area contributed by atoms with E-state index in [9.17, 15) is 0 Å². The quantitative estimate of drug-likeness (QED) is 0.283. The van der Waals surface area contributed by atoms with Crippen molar-refractivity contribution in [2.45, 2.75) is 19.9 Å². The van der Waals surface area contributed by atoms with Crippen LogP contribution in [0.15, 0.2) is 40.7 Å². The number of nitrogens with two attached hydrogens (primary N) is 1. The average Bonchev–Trinajstić information content (AvgIpc) is 3.02. The van der Waals surface area contributed by atoms with E-state index in [1.54, 1.807) is 11.3 Å². The third-order valence-electron chi connectivity index (χ3n) is 2.98. The van der Waals surface area contributed by atoms with E-state index in [1.807, 2.05) is 30.5 Å². The SMILES string of the molecule is CCOCCCNC(N)=NCc1nc(-c2ccccc2)cs1.I. The first-order valence-corrected chi connectivity index (χ1v) is 8.29. The lowest BCUT2D eigenvalue weighted by atomic mass is 10.2. The summed E-state index contributed by atoms with van der Waals surface area (Å²) in [5.41, 5.74) is 7.94. The molecule has 0 aliphatic rings. The Balaban J connectivity index is 0.00000264. The third kappa shape index (κ3) is 7.28. The molecule has 2 aromatic rings. The number of thiazole rings is 1. The van der Waals surface area contributed by atoms with E-state index in [1.165, 1.54) is 0 Å². The molecule has 1 aromatic carbocycles. The zero-order valence-corrected chi connectivity index (χ0v) is 16.3. The number of guanidine groups is 1. The number of benzene rings is 1. The second-order valence-corrected chi connectivity index (χ2v) is 5.61. The summed E-state index contributed by atoms with van der Waals surface area (Å²) < 4.78 is 5.26. The van der Waals surface area contributed by atoms with Crippen molar-refractivity contribution in [2.24, 2.45) is 10.7 Å². The smallest absolute Gasteiger partial charge is 0.189 e. The van der Waals surface area contributed by atoms with Gasteiger partial charge in [-0.15, -0.1) is 35.3 Å². The highest BCUT2D eigenvalue weighted by Crippen LogP contribution is 2.21. The molecule has 0 bridgehead atoms. The predicted molar refractivity (Wildman–Crippen MR) is 107 cm³/mol. The normalized spacial score (nSPS) is 11.1. The Morgan fingerprint density at radius 3 is 2.87 bits per heavy atom. The first kappa shape index (κ1) is 19.9. The molecule has 0 saturated carbocycles. The summed E-state index contributed by atoms with van der Waals surface area (Å²) in [5, 5.41) is 6.08. The Kier molecular flexibility index (Phi) is 9.81. The summed E-state index contributed by atoms with van der Waals surface area (Å²) in [7, 11) is 0. The van der Waals surface area contributed by atoms with E-state index in [-0.39, 0.29) is 24.0 Å². The maximum absolute atomic E-state index is 5.83. The van der Waals surface area contributed by atoms with E-state index in [4.69, 9.17) is 10.5 Å². The third-order valence-corrected chi connectivity index (χ3v) is 3.82. The topological polar surface area (TPSA) is 72.5 Å². The lowest BCUT2D eigenvalue weighted by Crippen LogP contribution is -2.32. The van der Waals surface area contributed by atoms with Crippen LogP contribution in [0.2, 0.25) is 0 Å². The fraction of sp³-hybridized carbons (Fsp3) is 0.375. The van der Waals surface area contributed by atoms with Gasteiger partial charge >= 0.3 is 0 Å². The van der Waals surface area contributed by atoms with Gasteiger partial charge in [-0.3, -0.25) is 0 Å². The number of ether oxygens (including phenoxy) is 1. The van der Waals surface area contributed by atoms with Crippen LogP contribution in [0, 0.1) is 0 Å². The molecule has 0 amide bonds. The Morgan fingerprint density at radius 1 is 1.35 bits per heavy atom. The molecule has 7 heteroatoms. The number of nitrogens with one attached hydrogen (secondary N) is 1. The van der Waals surface area contributed by atoms with Gasteiger partial charge in [-0.25, -0.2) is 9.98 Å². The maximum atomic E-state index is 5.83. The van der Waals surface area contributed by atoms with E-state index in [2.05, 4.69) is 27.4 Å². The van der Waals surface area contributed by atoms with Crippen molar-refractivity contribution < 1.29 is 4.74 Å². The molecule has 0 unspecified atom stereocenters. The molecular weight excluding hydrogens is 423 g/mol. The van der Waals surface area contributed by atoms with E-state index < -0.39 is 0 Å². The summed E-state index contributed by atoms with van der Waals surface area (Å²) in [4.78, 5) is 8.89. The Labute approximate surface area is 158 Å². The average molecular weight is 446 g/mol. The maximum Gasteiger partial charge on any atom is 0.189 e. The van der Waals surface area contributed by atoms with Crippen LogP contribution in [0.25, 0.3) is 11.3 Å². The Morgan fingerprint density at radius 2 is 2.13 bits per heavy atom. The highest BCUT2D eigenvalue weighted by Gasteiger charge is 2.03. The van der Waals surface area contributed by atoms with Gasteiger partial charge in [0.25, 0.3) is 0 Å². The van der Waals surface area contributed by atoms with Crippen LogP contribution in [0.3, 0.4) is 0 Å². The summed E-state index contributed by atoms with van der Waals surface area (Å²) in [6.45, 7) is 4.74. The molecule has 0 atom stereocenters. The molecule has 0 fully saturated rings. The van der Waals surface area contributed by atoms with Crippen molar-refractivity contribution in [1.82, 2.24) is 10.3 Å². The highest BCUT2D eigenvalue weighted by atomic mass is 127. The molecule has 1 aromatic heterocycles. The standard InChI is InChI=1S/C16H22N4OS.HI/c1-2-21-10-6-9-18-16(17)19-11-15-20-14(12-22-15)13-7-4-3-5-8-13;/h3-5,7-8,12H,2,6,9-11H2,1H3,(H3,17,18,19);1H. The molecule has 2 rings (SSSR count). The van der Waals surface area contributed by atoms with Crippen molar-refractivity contribution in [3.8, 4) is 11.3 Å². The van der Waals surface area contributed by atoms with Crippen LogP contribution in [0.4, 0.5) is 0 Å². The lowest BCUT2D eigenvalue weighted by molar-refractivity contribution is 0.145. The van der Waals surface area contributed by atoms with Crippen LogP contribution in [-0.2, 0) is 11.3 Å². The summed E-state index contributed by atoms with van der Waals surface area (Å²) in [6.07, 6.45) is 0.916.